The first kappa shape index (κ1) is 15.4. The molecule has 0 atom stereocenters. The van der Waals surface area contributed by atoms with E-state index in [1.54, 1.807) is 0 Å². The van der Waals surface area contributed by atoms with E-state index in [2.05, 4.69) is 0 Å². The number of aryl methyl sites for hydroxylation is 2. The zero-order valence-electron chi connectivity index (χ0n) is 14.4. The Labute approximate surface area is 142 Å². The van der Waals surface area contributed by atoms with Crippen molar-refractivity contribution in [1.82, 2.24) is 19.2 Å². The van der Waals surface area contributed by atoms with Crippen LogP contribution in [-0.4, -0.2) is 44.9 Å². The molecule has 2 aliphatic heterocycles. The Morgan fingerprint density at radius 3 is 2.79 bits per heavy atom. The molecule has 0 aromatic carbocycles. The second-order valence-electron chi connectivity index (χ2n) is 6.81. The van der Waals surface area contributed by atoms with Crippen LogP contribution in [0.1, 0.15) is 46.2 Å². The molecule has 1 amide bonds. The Balaban J connectivity index is 1.47. The maximum absolute atomic E-state index is 12.6. The molecule has 0 N–H and O–H groups in total. The van der Waals surface area contributed by atoms with Crippen molar-refractivity contribution < 1.29 is 9.53 Å². The highest BCUT2D eigenvalue weighted by Gasteiger charge is 2.30. The number of hydrogen-bond acceptors (Lipinski definition) is 3. The number of ether oxygens (including phenoxy) is 1. The first-order valence-corrected chi connectivity index (χ1v) is 8.68. The molecule has 0 unspecified atom stereocenters. The summed E-state index contributed by atoms with van der Waals surface area (Å²) in [7, 11) is 3.95. The summed E-state index contributed by atoms with van der Waals surface area (Å²) in [6.45, 7) is 3.05. The van der Waals surface area contributed by atoms with Crippen LogP contribution in [0.25, 0.3) is 0 Å². The molecule has 0 radical (unpaired) electrons. The zero-order chi connectivity index (χ0) is 16.7. The minimum Gasteiger partial charge on any atom is -0.376 e. The maximum atomic E-state index is 12.6. The van der Waals surface area contributed by atoms with E-state index in [1.807, 2.05) is 46.6 Å². The Hall–Kier alpha value is -2.08. The first-order chi connectivity index (χ1) is 11.6. The molecule has 6 heteroatoms. The largest absolute Gasteiger partial charge is 0.376 e. The van der Waals surface area contributed by atoms with Crippen LogP contribution in [0.4, 0.5) is 0 Å². The molecule has 0 saturated carbocycles. The molecule has 2 aromatic heterocycles. The molecule has 2 aliphatic rings. The van der Waals surface area contributed by atoms with Gasteiger partial charge in [0.1, 0.15) is 5.69 Å². The lowest BCUT2D eigenvalue weighted by molar-refractivity contribution is 0.0700. The number of piperidine rings is 1. The van der Waals surface area contributed by atoms with Crippen LogP contribution in [0.5, 0.6) is 0 Å². The quantitative estimate of drug-likeness (QED) is 0.845. The molecule has 0 bridgehead atoms. The number of aromatic nitrogens is 3. The number of carbonyl (C=O) groups is 1. The molecule has 1 saturated heterocycles. The Bertz CT molecular complexity index is 753. The van der Waals surface area contributed by atoms with Gasteiger partial charge in [0.25, 0.3) is 5.91 Å². The minimum absolute atomic E-state index is 0.132. The molecule has 128 valence electrons. The number of nitrogens with zero attached hydrogens (tertiary/aromatic N) is 4. The molecule has 24 heavy (non-hydrogen) atoms. The summed E-state index contributed by atoms with van der Waals surface area (Å²) in [5, 5.41) is 4.78. The van der Waals surface area contributed by atoms with E-state index in [-0.39, 0.29) is 5.91 Å². The maximum Gasteiger partial charge on any atom is 0.270 e. The highest BCUT2D eigenvalue weighted by molar-refractivity contribution is 5.92. The van der Waals surface area contributed by atoms with Gasteiger partial charge in [-0.1, -0.05) is 0 Å². The van der Waals surface area contributed by atoms with Crippen molar-refractivity contribution in [3.8, 4) is 0 Å². The number of amides is 1. The molecular formula is C18H24N4O2. The molecule has 0 aliphatic carbocycles. The smallest absolute Gasteiger partial charge is 0.270 e. The van der Waals surface area contributed by atoms with Crippen LogP contribution in [0.15, 0.2) is 18.3 Å². The van der Waals surface area contributed by atoms with E-state index < -0.39 is 0 Å². The van der Waals surface area contributed by atoms with Crippen LogP contribution in [-0.2, 0) is 31.9 Å². The summed E-state index contributed by atoms with van der Waals surface area (Å²) in [5.74, 6) is 0.562. The summed E-state index contributed by atoms with van der Waals surface area (Å²) in [6.07, 6.45) is 4.81. The molecule has 1 fully saturated rings. The lowest BCUT2D eigenvalue weighted by Crippen LogP contribution is -2.38. The fourth-order valence-electron chi connectivity index (χ4n) is 3.97. The van der Waals surface area contributed by atoms with Crippen molar-refractivity contribution in [3.63, 3.8) is 0 Å². The van der Waals surface area contributed by atoms with Crippen molar-refractivity contribution in [2.75, 3.05) is 19.7 Å². The molecule has 0 spiro atoms. The minimum atomic E-state index is 0.132. The number of hydrogen-bond donors (Lipinski definition) is 0. The van der Waals surface area contributed by atoms with E-state index in [0.29, 0.717) is 12.5 Å². The summed E-state index contributed by atoms with van der Waals surface area (Å²) in [5.41, 5.74) is 4.56. The molecular weight excluding hydrogens is 304 g/mol. The number of rotatable bonds is 2. The average molecular weight is 328 g/mol. The Morgan fingerprint density at radius 1 is 1.29 bits per heavy atom. The predicted octanol–water partition coefficient (Wildman–Crippen LogP) is 1.85. The average Bonchev–Trinajstić information content (AvgIpc) is 3.19. The van der Waals surface area contributed by atoms with E-state index in [4.69, 9.17) is 9.84 Å². The fourth-order valence-corrected chi connectivity index (χ4v) is 3.97. The lowest BCUT2D eigenvalue weighted by atomic mass is 9.90. The van der Waals surface area contributed by atoms with Crippen molar-refractivity contribution in [1.29, 1.82) is 0 Å². The van der Waals surface area contributed by atoms with Gasteiger partial charge in [-0.15, -0.1) is 0 Å². The molecule has 4 rings (SSSR count). The Kier molecular flexibility index (Phi) is 3.92. The van der Waals surface area contributed by atoms with E-state index in [0.717, 1.165) is 44.7 Å². The molecule has 6 nitrogen and oxygen atoms in total. The van der Waals surface area contributed by atoms with E-state index in [9.17, 15) is 4.79 Å². The normalized spacial score (nSPS) is 18.7. The SMILES string of the molecule is Cn1cccc1C(=O)N1CCC(c2nn(C)c3c2COCC3)CC1. The third-order valence-electron chi connectivity index (χ3n) is 5.37. The van der Waals surface area contributed by atoms with Gasteiger partial charge in [0.05, 0.1) is 18.9 Å². The van der Waals surface area contributed by atoms with Gasteiger partial charge in [0.15, 0.2) is 0 Å². The van der Waals surface area contributed by atoms with E-state index >= 15 is 0 Å². The van der Waals surface area contributed by atoms with Crippen LogP contribution in [0.3, 0.4) is 0 Å². The number of likely N-dealkylation sites (tertiary alicyclic amines) is 1. The van der Waals surface area contributed by atoms with Crippen LogP contribution >= 0.6 is 0 Å². The second-order valence-corrected chi connectivity index (χ2v) is 6.81. The van der Waals surface area contributed by atoms with Crippen LogP contribution in [0.2, 0.25) is 0 Å². The highest BCUT2D eigenvalue weighted by Crippen LogP contribution is 2.33. The van der Waals surface area contributed by atoms with Crippen LogP contribution < -0.4 is 0 Å². The lowest BCUT2D eigenvalue weighted by Gasteiger charge is -2.32. The standard InChI is InChI=1S/C18H24N4O2/c1-20-8-3-4-16(20)18(23)22-9-5-13(6-10-22)17-14-12-24-11-7-15(14)21(2)19-17/h3-4,8,13H,5-7,9-12H2,1-2H3. The third kappa shape index (κ3) is 2.55. The Morgan fingerprint density at radius 2 is 2.08 bits per heavy atom. The van der Waals surface area contributed by atoms with Gasteiger partial charge in [0.2, 0.25) is 0 Å². The van der Waals surface area contributed by atoms with Gasteiger partial charge < -0.3 is 14.2 Å². The van der Waals surface area contributed by atoms with Gasteiger partial charge in [-0.05, 0) is 25.0 Å². The van der Waals surface area contributed by atoms with Gasteiger partial charge in [-0.2, -0.15) is 5.10 Å². The topological polar surface area (TPSA) is 52.3 Å². The van der Waals surface area contributed by atoms with Crippen LogP contribution in [0, 0.1) is 0 Å². The summed E-state index contributed by atoms with van der Waals surface area (Å²) in [4.78, 5) is 14.6. The van der Waals surface area contributed by atoms with E-state index in [1.165, 1.54) is 17.0 Å². The highest BCUT2D eigenvalue weighted by atomic mass is 16.5. The summed E-state index contributed by atoms with van der Waals surface area (Å²) >= 11 is 0. The van der Waals surface area contributed by atoms with Gasteiger partial charge in [-0.3, -0.25) is 9.48 Å². The monoisotopic (exact) mass is 328 g/mol. The second kappa shape index (κ2) is 6.09. The number of fused-ring (bicyclic) bond motifs is 1. The van der Waals surface area contributed by atoms with Crippen molar-refractivity contribution >= 4 is 5.91 Å². The van der Waals surface area contributed by atoms with Gasteiger partial charge in [-0.25, -0.2) is 0 Å². The van der Waals surface area contributed by atoms with Crippen molar-refractivity contribution in [2.24, 2.45) is 14.1 Å². The molecule has 2 aromatic rings. The van der Waals surface area contributed by atoms with Gasteiger partial charge in [0, 0.05) is 57.0 Å². The summed E-state index contributed by atoms with van der Waals surface area (Å²) in [6, 6.07) is 3.81. The first-order valence-electron chi connectivity index (χ1n) is 8.68. The van der Waals surface area contributed by atoms with Crippen molar-refractivity contribution in [2.45, 2.75) is 31.8 Å². The zero-order valence-corrected chi connectivity index (χ0v) is 14.4. The molecule has 4 heterocycles. The van der Waals surface area contributed by atoms with Crippen molar-refractivity contribution in [3.05, 3.63) is 41.0 Å². The number of carbonyl (C=O) groups excluding carboxylic acids is 1. The van der Waals surface area contributed by atoms with Gasteiger partial charge >= 0.3 is 0 Å². The predicted molar refractivity (Wildman–Crippen MR) is 89.9 cm³/mol. The summed E-state index contributed by atoms with van der Waals surface area (Å²) < 4.78 is 9.55. The fraction of sp³-hybridized carbons (Fsp3) is 0.556. The third-order valence-corrected chi connectivity index (χ3v) is 5.37.